The number of piperidine rings is 2. The SMILES string of the molecule is CCNC(=NCCN1CC(C)CC(C)C1)N1CCC(C(=O)OCC)CC1. The van der Waals surface area contributed by atoms with Crippen LogP contribution in [0.3, 0.4) is 0 Å². The number of hydrogen-bond donors (Lipinski definition) is 1. The first-order valence-corrected chi connectivity index (χ1v) is 10.5. The zero-order valence-electron chi connectivity index (χ0n) is 17.2. The van der Waals surface area contributed by atoms with E-state index >= 15 is 0 Å². The van der Waals surface area contributed by atoms with Crippen molar-refractivity contribution in [2.24, 2.45) is 22.7 Å². The summed E-state index contributed by atoms with van der Waals surface area (Å²) in [5, 5.41) is 3.42. The van der Waals surface area contributed by atoms with Gasteiger partial charge in [-0.25, -0.2) is 0 Å². The van der Waals surface area contributed by atoms with Crippen molar-refractivity contribution in [3.8, 4) is 0 Å². The van der Waals surface area contributed by atoms with Crippen molar-refractivity contribution in [1.82, 2.24) is 15.1 Å². The van der Waals surface area contributed by atoms with Crippen molar-refractivity contribution in [2.45, 2.75) is 47.0 Å². The van der Waals surface area contributed by atoms with E-state index in [0.717, 1.165) is 63.4 Å². The number of nitrogens with zero attached hydrogens (tertiary/aromatic N) is 3. The van der Waals surface area contributed by atoms with Crippen molar-refractivity contribution in [1.29, 1.82) is 0 Å². The summed E-state index contributed by atoms with van der Waals surface area (Å²) in [5.41, 5.74) is 0. The Morgan fingerprint density at radius 1 is 1.15 bits per heavy atom. The monoisotopic (exact) mass is 366 g/mol. The first kappa shape index (κ1) is 21.0. The molecule has 6 nitrogen and oxygen atoms in total. The maximum atomic E-state index is 11.9. The highest BCUT2D eigenvalue weighted by molar-refractivity contribution is 5.80. The molecule has 2 saturated heterocycles. The minimum atomic E-state index is -0.0394. The Morgan fingerprint density at radius 3 is 2.38 bits per heavy atom. The van der Waals surface area contributed by atoms with Gasteiger partial charge < -0.3 is 19.9 Å². The molecule has 0 aromatic heterocycles. The largest absolute Gasteiger partial charge is 0.466 e. The van der Waals surface area contributed by atoms with Gasteiger partial charge >= 0.3 is 5.97 Å². The van der Waals surface area contributed by atoms with Gasteiger partial charge in [0.1, 0.15) is 0 Å². The van der Waals surface area contributed by atoms with Crippen LogP contribution in [0.25, 0.3) is 0 Å². The number of carbonyl (C=O) groups excluding carboxylic acids is 1. The lowest BCUT2D eigenvalue weighted by Gasteiger charge is -2.35. The molecule has 2 unspecified atom stereocenters. The van der Waals surface area contributed by atoms with E-state index in [1.165, 1.54) is 19.5 Å². The van der Waals surface area contributed by atoms with Gasteiger partial charge in [-0.1, -0.05) is 13.8 Å². The second-order valence-electron chi connectivity index (χ2n) is 7.95. The Labute approximate surface area is 159 Å². The van der Waals surface area contributed by atoms with Crippen LogP contribution in [0.4, 0.5) is 0 Å². The van der Waals surface area contributed by atoms with Crippen LogP contribution >= 0.6 is 0 Å². The molecule has 2 aliphatic heterocycles. The highest BCUT2D eigenvalue weighted by Gasteiger charge is 2.27. The Bertz CT molecular complexity index is 451. The summed E-state index contributed by atoms with van der Waals surface area (Å²) in [6.07, 6.45) is 3.05. The Kier molecular flexibility index (Phi) is 8.69. The lowest BCUT2D eigenvalue weighted by molar-refractivity contribution is -0.149. The molecule has 0 radical (unpaired) electrons. The van der Waals surface area contributed by atoms with Gasteiger partial charge in [-0.15, -0.1) is 0 Å². The summed E-state index contributed by atoms with van der Waals surface area (Å²) in [4.78, 5) is 21.6. The van der Waals surface area contributed by atoms with Gasteiger partial charge in [-0.05, 0) is 44.9 Å². The average Bonchev–Trinajstić information content (AvgIpc) is 2.60. The molecule has 0 aliphatic carbocycles. The molecular weight excluding hydrogens is 328 g/mol. The maximum absolute atomic E-state index is 11.9. The van der Waals surface area contributed by atoms with E-state index in [1.54, 1.807) is 0 Å². The topological polar surface area (TPSA) is 57.2 Å². The van der Waals surface area contributed by atoms with E-state index in [-0.39, 0.29) is 11.9 Å². The standard InChI is InChI=1S/C20H38N4O2/c1-5-21-20(22-9-12-23-14-16(3)13-17(4)15-23)24-10-7-18(8-11-24)19(25)26-6-2/h16-18H,5-15H2,1-4H3,(H,21,22). The number of ether oxygens (including phenoxy) is 1. The lowest BCUT2D eigenvalue weighted by atomic mass is 9.92. The average molecular weight is 367 g/mol. The fraction of sp³-hybridized carbons (Fsp3) is 0.900. The minimum Gasteiger partial charge on any atom is -0.466 e. The van der Waals surface area contributed by atoms with Crippen molar-refractivity contribution < 1.29 is 9.53 Å². The highest BCUT2D eigenvalue weighted by Crippen LogP contribution is 2.21. The molecule has 2 heterocycles. The van der Waals surface area contributed by atoms with E-state index in [0.29, 0.717) is 6.61 Å². The van der Waals surface area contributed by atoms with Gasteiger partial charge in [0, 0.05) is 39.3 Å². The summed E-state index contributed by atoms with van der Waals surface area (Å²) < 4.78 is 5.17. The van der Waals surface area contributed by atoms with E-state index in [9.17, 15) is 4.79 Å². The molecule has 0 saturated carbocycles. The Balaban J connectivity index is 1.82. The molecule has 6 heteroatoms. The van der Waals surface area contributed by atoms with E-state index in [4.69, 9.17) is 9.73 Å². The smallest absolute Gasteiger partial charge is 0.309 e. The molecule has 0 bridgehead atoms. The molecule has 0 aromatic rings. The van der Waals surface area contributed by atoms with Crippen LogP contribution in [0, 0.1) is 17.8 Å². The predicted molar refractivity (Wildman–Crippen MR) is 106 cm³/mol. The fourth-order valence-corrected chi connectivity index (χ4v) is 4.28. The second kappa shape index (κ2) is 10.8. The van der Waals surface area contributed by atoms with E-state index in [1.807, 2.05) is 6.92 Å². The first-order chi connectivity index (χ1) is 12.5. The highest BCUT2D eigenvalue weighted by atomic mass is 16.5. The van der Waals surface area contributed by atoms with Gasteiger partial charge in [0.25, 0.3) is 0 Å². The summed E-state index contributed by atoms with van der Waals surface area (Å²) in [7, 11) is 0. The normalized spacial score (nSPS) is 26.0. The lowest BCUT2D eigenvalue weighted by Crippen LogP contribution is -2.47. The Hall–Kier alpha value is -1.30. The minimum absolute atomic E-state index is 0.0394. The molecule has 0 amide bonds. The van der Waals surface area contributed by atoms with Crippen LogP contribution in [-0.2, 0) is 9.53 Å². The second-order valence-corrected chi connectivity index (χ2v) is 7.95. The van der Waals surface area contributed by atoms with E-state index < -0.39 is 0 Å². The fourth-order valence-electron chi connectivity index (χ4n) is 4.28. The van der Waals surface area contributed by atoms with Gasteiger partial charge in [0.2, 0.25) is 0 Å². The van der Waals surface area contributed by atoms with Crippen molar-refractivity contribution in [3.63, 3.8) is 0 Å². The number of aliphatic imine (C=N–C) groups is 1. The number of hydrogen-bond acceptors (Lipinski definition) is 4. The predicted octanol–water partition coefficient (Wildman–Crippen LogP) is 2.20. The molecule has 0 aromatic carbocycles. The molecule has 2 rings (SSSR count). The molecule has 2 fully saturated rings. The summed E-state index contributed by atoms with van der Waals surface area (Å²) in [5.74, 6) is 2.58. The third kappa shape index (κ3) is 6.45. The van der Waals surface area contributed by atoms with E-state index in [2.05, 4.69) is 35.9 Å². The van der Waals surface area contributed by atoms with Crippen LogP contribution in [0.15, 0.2) is 4.99 Å². The number of carbonyl (C=O) groups is 1. The van der Waals surface area contributed by atoms with Crippen LogP contribution in [-0.4, -0.2) is 74.1 Å². The number of rotatable bonds is 6. The van der Waals surface area contributed by atoms with Crippen molar-refractivity contribution in [3.05, 3.63) is 0 Å². The summed E-state index contributed by atoms with van der Waals surface area (Å²) in [6.45, 7) is 16.0. The van der Waals surface area contributed by atoms with Crippen LogP contribution in [0.5, 0.6) is 0 Å². The first-order valence-electron chi connectivity index (χ1n) is 10.5. The zero-order chi connectivity index (χ0) is 18.9. The van der Waals surface area contributed by atoms with Crippen molar-refractivity contribution in [2.75, 3.05) is 52.4 Å². The quantitative estimate of drug-likeness (QED) is 0.444. The van der Waals surface area contributed by atoms with Crippen LogP contribution in [0.1, 0.15) is 47.0 Å². The zero-order valence-corrected chi connectivity index (χ0v) is 17.2. The molecule has 1 N–H and O–H groups in total. The van der Waals surface area contributed by atoms with Gasteiger partial charge in [-0.3, -0.25) is 9.79 Å². The molecule has 26 heavy (non-hydrogen) atoms. The van der Waals surface area contributed by atoms with Crippen LogP contribution < -0.4 is 5.32 Å². The summed E-state index contributed by atoms with van der Waals surface area (Å²) >= 11 is 0. The van der Waals surface area contributed by atoms with Gasteiger partial charge in [0.15, 0.2) is 5.96 Å². The van der Waals surface area contributed by atoms with Gasteiger partial charge in [0.05, 0.1) is 19.1 Å². The molecule has 150 valence electrons. The maximum Gasteiger partial charge on any atom is 0.309 e. The molecule has 2 aliphatic rings. The number of esters is 1. The number of nitrogens with one attached hydrogen (secondary N) is 1. The molecule has 0 spiro atoms. The Morgan fingerprint density at radius 2 is 1.81 bits per heavy atom. The van der Waals surface area contributed by atoms with Crippen LogP contribution in [0.2, 0.25) is 0 Å². The van der Waals surface area contributed by atoms with Crippen molar-refractivity contribution >= 4 is 11.9 Å². The third-order valence-electron chi connectivity index (χ3n) is 5.37. The third-order valence-corrected chi connectivity index (χ3v) is 5.37. The number of guanidine groups is 1. The number of likely N-dealkylation sites (tertiary alicyclic amines) is 2. The van der Waals surface area contributed by atoms with Gasteiger partial charge in [-0.2, -0.15) is 0 Å². The molecular formula is C20H38N4O2. The molecule has 2 atom stereocenters. The summed E-state index contributed by atoms with van der Waals surface area (Å²) in [6, 6.07) is 0.